The number of fused-ring (bicyclic) bond motifs is 2. The Labute approximate surface area is 151 Å². The summed E-state index contributed by atoms with van der Waals surface area (Å²) < 4.78 is 0. The first-order chi connectivity index (χ1) is 11.9. The van der Waals surface area contributed by atoms with E-state index in [0.29, 0.717) is 50.5 Å². The van der Waals surface area contributed by atoms with Crippen molar-refractivity contribution >= 4 is 11.7 Å². The van der Waals surface area contributed by atoms with Crippen molar-refractivity contribution in [2.75, 3.05) is 0 Å². The van der Waals surface area contributed by atoms with Gasteiger partial charge >= 0.3 is 0 Å². The lowest BCUT2D eigenvalue weighted by molar-refractivity contribution is -0.129. The van der Waals surface area contributed by atoms with Gasteiger partial charge in [0.15, 0.2) is 5.78 Å². The van der Waals surface area contributed by atoms with E-state index in [4.69, 9.17) is 0 Å². The van der Waals surface area contributed by atoms with E-state index >= 15 is 0 Å². The molecule has 2 unspecified atom stereocenters. The molecule has 1 fully saturated rings. The van der Waals surface area contributed by atoms with Gasteiger partial charge in [-0.05, 0) is 50.9 Å². The highest BCUT2D eigenvalue weighted by Gasteiger charge is 2.35. The minimum absolute atomic E-state index is 0.138. The molecule has 2 rings (SSSR count). The van der Waals surface area contributed by atoms with Crippen LogP contribution in [0.2, 0.25) is 0 Å². The number of amides is 1. The molecule has 0 saturated carbocycles. The molecule has 1 saturated heterocycles. The summed E-state index contributed by atoms with van der Waals surface area (Å²) in [5, 5.41) is 16.4. The Morgan fingerprint density at radius 1 is 1.28 bits per heavy atom. The summed E-state index contributed by atoms with van der Waals surface area (Å²) in [4.78, 5) is 24.5. The molecule has 5 heteroatoms. The average molecular weight is 351 g/mol. The van der Waals surface area contributed by atoms with Crippen LogP contribution in [-0.4, -0.2) is 34.6 Å². The van der Waals surface area contributed by atoms with E-state index in [2.05, 4.69) is 23.6 Å². The van der Waals surface area contributed by atoms with Gasteiger partial charge in [0.25, 0.3) is 0 Å². The summed E-state index contributed by atoms with van der Waals surface area (Å²) in [7, 11) is 0. The predicted molar refractivity (Wildman–Crippen MR) is 99.0 cm³/mol. The first kappa shape index (κ1) is 20.1. The molecular weight excluding hydrogens is 316 g/mol. The fourth-order valence-electron chi connectivity index (χ4n) is 3.94. The standard InChI is InChI=1S/C20H34N2O3/c1-4-20(25,5-2)22-19(24)12-7-6-11-18(23)15-9-8-10-16-14(3)13-17(15)21-16/h9,14,16-17,21,25H,4-8,10-13H2,1-3H3,(H,22,24)/t14?,16-,17?/m1/s1. The zero-order valence-corrected chi connectivity index (χ0v) is 15.9. The Balaban J connectivity index is 1.72. The van der Waals surface area contributed by atoms with E-state index in [-0.39, 0.29) is 17.7 Å². The summed E-state index contributed by atoms with van der Waals surface area (Å²) in [5.41, 5.74) is -0.137. The number of hydrogen-bond acceptors (Lipinski definition) is 4. The molecule has 1 amide bonds. The maximum Gasteiger partial charge on any atom is 0.222 e. The number of aliphatic hydroxyl groups is 1. The predicted octanol–water partition coefficient (Wildman–Crippen LogP) is 2.83. The minimum Gasteiger partial charge on any atom is -0.371 e. The van der Waals surface area contributed by atoms with Crippen molar-refractivity contribution in [1.82, 2.24) is 10.6 Å². The van der Waals surface area contributed by atoms with Crippen molar-refractivity contribution in [2.45, 2.75) is 96.4 Å². The Bertz CT molecular complexity index is 511. The molecule has 0 aliphatic carbocycles. The highest BCUT2D eigenvalue weighted by atomic mass is 16.3. The van der Waals surface area contributed by atoms with Gasteiger partial charge in [-0.3, -0.25) is 9.59 Å². The third kappa shape index (κ3) is 5.38. The summed E-state index contributed by atoms with van der Waals surface area (Å²) in [6.45, 7) is 5.97. The van der Waals surface area contributed by atoms with E-state index in [1.54, 1.807) is 0 Å². The van der Waals surface area contributed by atoms with Gasteiger partial charge in [0.05, 0.1) is 0 Å². The quantitative estimate of drug-likeness (QED) is 0.441. The van der Waals surface area contributed by atoms with Crippen LogP contribution in [0.4, 0.5) is 0 Å². The van der Waals surface area contributed by atoms with E-state index < -0.39 is 5.72 Å². The third-order valence-corrected chi connectivity index (χ3v) is 5.85. The Morgan fingerprint density at radius 3 is 2.64 bits per heavy atom. The van der Waals surface area contributed by atoms with Crippen molar-refractivity contribution in [3.63, 3.8) is 0 Å². The lowest BCUT2D eigenvalue weighted by Gasteiger charge is -2.26. The fourth-order valence-corrected chi connectivity index (χ4v) is 3.94. The summed E-state index contributed by atoms with van der Waals surface area (Å²) >= 11 is 0. The molecular formula is C20H34N2O3. The molecule has 2 bridgehead atoms. The van der Waals surface area contributed by atoms with Gasteiger partial charge < -0.3 is 15.7 Å². The number of carbonyl (C=O) groups is 2. The first-order valence-corrected chi connectivity index (χ1v) is 9.91. The van der Waals surface area contributed by atoms with Crippen LogP contribution in [0.3, 0.4) is 0 Å². The smallest absolute Gasteiger partial charge is 0.222 e. The molecule has 0 aromatic rings. The number of hydrogen-bond donors (Lipinski definition) is 3. The van der Waals surface area contributed by atoms with Gasteiger partial charge in [0.1, 0.15) is 5.72 Å². The molecule has 142 valence electrons. The van der Waals surface area contributed by atoms with Crippen molar-refractivity contribution in [1.29, 1.82) is 0 Å². The molecule has 2 heterocycles. The number of nitrogens with one attached hydrogen (secondary N) is 2. The van der Waals surface area contributed by atoms with Crippen molar-refractivity contribution in [3.05, 3.63) is 11.6 Å². The SMILES string of the molecule is CCC(O)(CC)NC(=O)CCCCC(=O)C1=CCC[C@H]2NC1CC2C. The zero-order valence-electron chi connectivity index (χ0n) is 15.9. The Kier molecular flexibility index (Phi) is 7.20. The molecule has 0 spiro atoms. The van der Waals surface area contributed by atoms with Gasteiger partial charge in [-0.2, -0.15) is 0 Å². The molecule has 0 radical (unpaired) electrons. The molecule has 0 aromatic heterocycles. The molecule has 5 nitrogen and oxygen atoms in total. The number of Topliss-reactive ketones (excluding diaryl/α,β-unsaturated/α-hetero) is 1. The first-order valence-electron chi connectivity index (χ1n) is 9.91. The number of ketones is 1. The average Bonchev–Trinajstić information content (AvgIpc) is 2.81. The topological polar surface area (TPSA) is 78.4 Å². The highest BCUT2D eigenvalue weighted by Crippen LogP contribution is 2.31. The van der Waals surface area contributed by atoms with Crippen molar-refractivity contribution in [2.24, 2.45) is 5.92 Å². The maximum absolute atomic E-state index is 12.6. The van der Waals surface area contributed by atoms with Crippen LogP contribution in [-0.2, 0) is 9.59 Å². The van der Waals surface area contributed by atoms with Gasteiger partial charge in [-0.1, -0.05) is 26.8 Å². The molecule has 25 heavy (non-hydrogen) atoms. The largest absolute Gasteiger partial charge is 0.371 e. The van der Waals surface area contributed by atoms with Crippen molar-refractivity contribution in [3.8, 4) is 0 Å². The van der Waals surface area contributed by atoms with Crippen LogP contribution >= 0.6 is 0 Å². The van der Waals surface area contributed by atoms with Gasteiger partial charge in [-0.25, -0.2) is 0 Å². The van der Waals surface area contributed by atoms with Gasteiger partial charge in [0.2, 0.25) is 5.91 Å². The minimum atomic E-state index is -1.10. The summed E-state index contributed by atoms with van der Waals surface area (Å²) in [6.07, 6.45) is 8.51. The second kappa shape index (κ2) is 8.95. The highest BCUT2D eigenvalue weighted by molar-refractivity contribution is 5.96. The van der Waals surface area contributed by atoms with Crippen LogP contribution in [0.5, 0.6) is 0 Å². The lowest BCUT2D eigenvalue weighted by Crippen LogP contribution is -2.47. The Hall–Kier alpha value is -1.20. The van der Waals surface area contributed by atoms with E-state index in [0.717, 1.165) is 24.8 Å². The van der Waals surface area contributed by atoms with E-state index in [1.807, 2.05) is 13.8 Å². The number of rotatable bonds is 9. The van der Waals surface area contributed by atoms with E-state index in [1.165, 1.54) is 0 Å². The van der Waals surface area contributed by atoms with Crippen molar-refractivity contribution < 1.29 is 14.7 Å². The number of unbranched alkanes of at least 4 members (excludes halogenated alkanes) is 1. The van der Waals surface area contributed by atoms with Gasteiger partial charge in [0, 0.05) is 30.5 Å². The van der Waals surface area contributed by atoms with Crippen LogP contribution in [0.15, 0.2) is 11.6 Å². The summed E-state index contributed by atoms with van der Waals surface area (Å²) in [6, 6.07) is 0.772. The molecule has 0 aromatic carbocycles. The van der Waals surface area contributed by atoms with Crippen LogP contribution in [0.25, 0.3) is 0 Å². The summed E-state index contributed by atoms with van der Waals surface area (Å²) in [5.74, 6) is 0.730. The lowest BCUT2D eigenvalue weighted by atomic mass is 9.89. The third-order valence-electron chi connectivity index (χ3n) is 5.85. The fraction of sp³-hybridized carbons (Fsp3) is 0.800. The zero-order chi connectivity index (χ0) is 18.4. The van der Waals surface area contributed by atoms with Crippen LogP contribution in [0.1, 0.15) is 78.6 Å². The number of allylic oxidation sites excluding steroid dienone is 1. The van der Waals surface area contributed by atoms with Crippen LogP contribution < -0.4 is 10.6 Å². The Morgan fingerprint density at radius 2 is 1.96 bits per heavy atom. The van der Waals surface area contributed by atoms with E-state index in [9.17, 15) is 14.7 Å². The molecule has 3 atom stereocenters. The van der Waals surface area contributed by atoms with Crippen LogP contribution in [0, 0.1) is 5.92 Å². The monoisotopic (exact) mass is 350 g/mol. The molecule has 2 aliphatic rings. The number of carbonyl (C=O) groups excluding carboxylic acids is 2. The second-order valence-electron chi connectivity index (χ2n) is 7.69. The molecule has 3 N–H and O–H groups in total. The molecule has 2 aliphatic heterocycles. The second-order valence-corrected chi connectivity index (χ2v) is 7.69. The maximum atomic E-state index is 12.6. The normalized spacial score (nSPS) is 26.1. The van der Waals surface area contributed by atoms with Gasteiger partial charge in [-0.15, -0.1) is 0 Å².